The van der Waals surface area contributed by atoms with Gasteiger partial charge in [-0.2, -0.15) is 5.06 Å². The Morgan fingerprint density at radius 3 is 2.76 bits per heavy atom. The van der Waals surface area contributed by atoms with Crippen LogP contribution in [0, 0.1) is 0 Å². The van der Waals surface area contributed by atoms with Gasteiger partial charge >= 0.3 is 5.97 Å². The number of fused-ring (bicyclic) bond motifs is 1. The Balaban J connectivity index is 1.32. The molecule has 1 fully saturated rings. The summed E-state index contributed by atoms with van der Waals surface area (Å²) in [7, 11) is 3.40. The molecule has 4 aromatic rings. The number of aromatic nitrogens is 1. The summed E-state index contributed by atoms with van der Waals surface area (Å²) < 4.78 is 1.01. The lowest BCUT2D eigenvalue weighted by Gasteiger charge is -2.24. The molecule has 1 aliphatic rings. The van der Waals surface area contributed by atoms with E-state index >= 15 is 0 Å². The third-order valence-electron chi connectivity index (χ3n) is 7.29. The van der Waals surface area contributed by atoms with Crippen molar-refractivity contribution in [2.24, 2.45) is 0 Å². The van der Waals surface area contributed by atoms with Crippen molar-refractivity contribution in [2.75, 3.05) is 26.0 Å². The van der Waals surface area contributed by atoms with Crippen LogP contribution < -0.4 is 5.32 Å². The van der Waals surface area contributed by atoms with Crippen molar-refractivity contribution >= 4 is 79.4 Å². The minimum absolute atomic E-state index is 0.000882. The molecule has 5 rings (SSSR count). The summed E-state index contributed by atoms with van der Waals surface area (Å²) in [4.78, 5) is 50.3. The average Bonchev–Trinajstić information content (AvgIpc) is 3.72. The molecule has 42 heavy (non-hydrogen) atoms. The number of carbonyl (C=O) groups excluding carboxylic acids is 2. The number of hydroxylamine groups is 2. The molecular weight excluding hydrogens is 619 g/mol. The number of thiazole rings is 1. The Bertz CT molecular complexity index is 1640. The van der Waals surface area contributed by atoms with Crippen molar-refractivity contribution in [3.8, 4) is 0 Å². The van der Waals surface area contributed by atoms with Crippen LogP contribution in [0.3, 0.4) is 0 Å². The van der Waals surface area contributed by atoms with Crippen LogP contribution in [0.2, 0.25) is 10.0 Å². The first-order valence-corrected chi connectivity index (χ1v) is 15.6. The lowest BCUT2D eigenvalue weighted by Crippen LogP contribution is -2.37. The number of carbonyl (C=O) groups is 3. The minimum atomic E-state index is -0.870. The van der Waals surface area contributed by atoms with Gasteiger partial charge in [0.15, 0.2) is 0 Å². The SMILES string of the molecule is CON(C)[C@H]1C[C@@H](c2ncc(CCC(=O)O)s2)N(C(=O)Cc2cc(Cl)c(NC(=O)c3csc4ccccc34)cc2Cl)C1. The third kappa shape index (κ3) is 6.61. The number of hydrogen-bond acceptors (Lipinski definition) is 8. The summed E-state index contributed by atoms with van der Waals surface area (Å²) in [5.41, 5.74) is 1.44. The molecule has 2 aromatic carbocycles. The lowest BCUT2D eigenvalue weighted by molar-refractivity contribution is -0.141. The predicted molar refractivity (Wildman–Crippen MR) is 166 cm³/mol. The van der Waals surface area contributed by atoms with Gasteiger partial charge < -0.3 is 20.2 Å². The van der Waals surface area contributed by atoms with E-state index in [0.29, 0.717) is 41.2 Å². The first-order chi connectivity index (χ1) is 20.1. The van der Waals surface area contributed by atoms with Crippen molar-refractivity contribution in [2.45, 2.75) is 37.8 Å². The molecule has 2 N–H and O–H groups in total. The third-order valence-corrected chi connectivity index (χ3v) is 10.1. The normalized spacial score (nSPS) is 16.8. The zero-order chi connectivity index (χ0) is 30.0. The number of likely N-dealkylation sites (tertiary alicyclic amines) is 1. The second-order valence-corrected chi connectivity index (χ2v) is 12.8. The van der Waals surface area contributed by atoms with E-state index in [2.05, 4.69) is 10.3 Å². The first kappa shape index (κ1) is 30.4. The summed E-state index contributed by atoms with van der Waals surface area (Å²) in [6.45, 7) is 0.423. The van der Waals surface area contributed by atoms with Crippen LogP contribution in [0.1, 0.15) is 44.7 Å². The number of carboxylic acid groups (broad SMARTS) is 1. The lowest BCUT2D eigenvalue weighted by atomic mass is 10.1. The Morgan fingerprint density at radius 2 is 2.00 bits per heavy atom. The molecule has 9 nitrogen and oxygen atoms in total. The number of aliphatic carboxylic acids is 1. The van der Waals surface area contributed by atoms with Crippen molar-refractivity contribution in [3.05, 3.63) is 79.0 Å². The predicted octanol–water partition coefficient (Wildman–Crippen LogP) is 6.31. The van der Waals surface area contributed by atoms with Gasteiger partial charge in [-0.15, -0.1) is 22.7 Å². The zero-order valence-corrected chi connectivity index (χ0v) is 25.9. The van der Waals surface area contributed by atoms with Gasteiger partial charge in [0, 0.05) is 45.2 Å². The number of benzene rings is 2. The highest BCUT2D eigenvalue weighted by molar-refractivity contribution is 7.17. The van der Waals surface area contributed by atoms with E-state index in [9.17, 15) is 14.4 Å². The molecule has 1 saturated heterocycles. The fourth-order valence-electron chi connectivity index (χ4n) is 4.99. The fraction of sp³-hybridized carbons (Fsp3) is 0.310. The van der Waals surface area contributed by atoms with Gasteiger partial charge in [0.1, 0.15) is 5.01 Å². The van der Waals surface area contributed by atoms with Gasteiger partial charge in [0.25, 0.3) is 5.91 Å². The molecule has 2 aromatic heterocycles. The molecule has 0 bridgehead atoms. The summed E-state index contributed by atoms with van der Waals surface area (Å²) in [6.07, 6.45) is 2.69. The van der Waals surface area contributed by atoms with Gasteiger partial charge in [0.2, 0.25) is 5.91 Å². The van der Waals surface area contributed by atoms with Crippen LogP contribution >= 0.6 is 45.9 Å². The maximum atomic E-state index is 13.7. The largest absolute Gasteiger partial charge is 0.481 e. The van der Waals surface area contributed by atoms with E-state index in [1.807, 2.05) is 31.3 Å². The van der Waals surface area contributed by atoms with Crippen molar-refractivity contribution in [1.29, 1.82) is 0 Å². The molecule has 2 amide bonds. The number of amides is 2. The molecule has 0 spiro atoms. The van der Waals surface area contributed by atoms with Crippen molar-refractivity contribution in [3.63, 3.8) is 0 Å². The van der Waals surface area contributed by atoms with E-state index < -0.39 is 5.97 Å². The molecular formula is C29H28Cl2N4O5S2. The summed E-state index contributed by atoms with van der Waals surface area (Å²) in [5, 5.41) is 17.6. The summed E-state index contributed by atoms with van der Waals surface area (Å²) >= 11 is 16.1. The number of rotatable bonds is 10. The monoisotopic (exact) mass is 646 g/mol. The van der Waals surface area contributed by atoms with Gasteiger partial charge in [0.05, 0.1) is 48.3 Å². The van der Waals surface area contributed by atoms with E-state index in [4.69, 9.17) is 33.1 Å². The molecule has 220 valence electrons. The van der Waals surface area contributed by atoms with Crippen LogP contribution in [0.5, 0.6) is 0 Å². The number of anilines is 1. The number of nitrogens with zero attached hydrogens (tertiary/aromatic N) is 3. The molecule has 0 saturated carbocycles. The smallest absolute Gasteiger partial charge is 0.303 e. The second-order valence-electron chi connectivity index (χ2n) is 9.94. The van der Waals surface area contributed by atoms with E-state index in [1.165, 1.54) is 22.7 Å². The average molecular weight is 648 g/mol. The van der Waals surface area contributed by atoms with E-state index in [-0.39, 0.29) is 41.8 Å². The van der Waals surface area contributed by atoms with Crippen LogP contribution in [-0.2, 0) is 27.3 Å². The standard InChI is InChI=1S/C29H28Cl2N4O5S2/c1-34(40-2)17-11-24(29-32-13-18(42-29)7-8-27(37)38)35(14-17)26(36)10-16-9-22(31)23(12-21(16)30)33-28(39)20-15-41-25-6-4-3-5-19(20)25/h3-6,9,12-13,15,17,24H,7-8,10-11,14H2,1-2H3,(H,33,39)(H,37,38)/t17-,24-/m0/s1. The maximum absolute atomic E-state index is 13.7. The Morgan fingerprint density at radius 1 is 1.21 bits per heavy atom. The fourth-order valence-corrected chi connectivity index (χ4v) is 7.43. The Labute approximate surface area is 260 Å². The molecule has 1 aliphatic heterocycles. The highest BCUT2D eigenvalue weighted by Gasteiger charge is 2.40. The number of nitrogens with one attached hydrogen (secondary N) is 1. The van der Waals surface area contributed by atoms with Crippen molar-refractivity contribution in [1.82, 2.24) is 14.9 Å². The summed E-state index contributed by atoms with van der Waals surface area (Å²) in [6, 6.07) is 10.5. The van der Waals surface area contributed by atoms with Crippen LogP contribution in [-0.4, -0.2) is 64.6 Å². The highest BCUT2D eigenvalue weighted by atomic mass is 35.5. The number of thiophene rings is 1. The Kier molecular flexibility index (Phi) is 9.46. The van der Waals surface area contributed by atoms with Gasteiger partial charge in [-0.3, -0.25) is 14.4 Å². The first-order valence-electron chi connectivity index (χ1n) is 13.1. The number of likely N-dealkylation sites (N-methyl/N-ethyl adjacent to an activating group) is 1. The molecule has 0 aliphatic carbocycles. The minimum Gasteiger partial charge on any atom is -0.481 e. The highest BCUT2D eigenvalue weighted by Crippen LogP contribution is 2.38. The second kappa shape index (κ2) is 13.1. The van der Waals surface area contributed by atoms with Crippen LogP contribution in [0.15, 0.2) is 48.0 Å². The number of carboxylic acids is 1. The zero-order valence-electron chi connectivity index (χ0n) is 22.8. The quantitative estimate of drug-likeness (QED) is 0.194. The van der Waals surface area contributed by atoms with Gasteiger partial charge in [-0.25, -0.2) is 4.98 Å². The van der Waals surface area contributed by atoms with Crippen LogP contribution in [0.4, 0.5) is 5.69 Å². The van der Waals surface area contributed by atoms with E-state index in [1.54, 1.807) is 40.8 Å². The van der Waals surface area contributed by atoms with Gasteiger partial charge in [-0.05, 0) is 36.6 Å². The molecule has 2 atom stereocenters. The number of aryl methyl sites for hydroxylation is 1. The molecule has 3 heterocycles. The van der Waals surface area contributed by atoms with Crippen LogP contribution in [0.25, 0.3) is 10.1 Å². The van der Waals surface area contributed by atoms with E-state index in [0.717, 1.165) is 20.0 Å². The number of halogens is 2. The molecule has 0 unspecified atom stereocenters. The van der Waals surface area contributed by atoms with Gasteiger partial charge in [-0.1, -0.05) is 41.4 Å². The Hall–Kier alpha value is -3.06. The topological polar surface area (TPSA) is 112 Å². The summed E-state index contributed by atoms with van der Waals surface area (Å²) in [5.74, 6) is -1.33. The maximum Gasteiger partial charge on any atom is 0.303 e. The molecule has 0 radical (unpaired) electrons. The molecule has 13 heteroatoms. The number of hydrogen-bond donors (Lipinski definition) is 2. The van der Waals surface area contributed by atoms with Crippen molar-refractivity contribution < 1.29 is 24.3 Å².